The normalized spacial score (nSPS) is 13.4. The van der Waals surface area contributed by atoms with Crippen LogP contribution in [0.15, 0.2) is 12.2 Å². The lowest BCUT2D eigenvalue weighted by molar-refractivity contribution is -0.119. The van der Waals surface area contributed by atoms with Crippen LogP contribution in [0.4, 0.5) is 0 Å². The number of nitrogens with two attached hydrogens (primary N) is 1. The first kappa shape index (κ1) is 13.3. The number of carbonyl (C=O) groups excluding carboxylic acids is 1. The SMILES string of the molecule is CC/C=C/C(=O)[C@H](CCCCN)NO. The van der Waals surface area contributed by atoms with E-state index in [-0.39, 0.29) is 5.78 Å². The van der Waals surface area contributed by atoms with Gasteiger partial charge in [0.25, 0.3) is 0 Å². The topological polar surface area (TPSA) is 75.4 Å². The molecule has 0 heterocycles. The van der Waals surface area contributed by atoms with Crippen LogP contribution in [0.5, 0.6) is 0 Å². The predicted octanol–water partition coefficient (Wildman–Crippen LogP) is 0.998. The summed E-state index contributed by atoms with van der Waals surface area (Å²) in [6, 6.07) is -0.482. The Labute approximate surface area is 85.1 Å². The van der Waals surface area contributed by atoms with Gasteiger partial charge in [0.2, 0.25) is 0 Å². The summed E-state index contributed by atoms with van der Waals surface area (Å²) in [5.74, 6) is -0.0774. The number of ketones is 1. The summed E-state index contributed by atoms with van der Waals surface area (Å²) in [5, 5.41) is 8.76. The van der Waals surface area contributed by atoms with E-state index >= 15 is 0 Å². The average Bonchev–Trinajstić information content (AvgIpc) is 2.21. The number of unbranched alkanes of at least 4 members (excludes halogenated alkanes) is 1. The molecule has 4 nitrogen and oxygen atoms in total. The molecule has 0 amide bonds. The molecule has 0 saturated heterocycles. The van der Waals surface area contributed by atoms with Gasteiger partial charge in [0, 0.05) is 0 Å². The summed E-state index contributed by atoms with van der Waals surface area (Å²) in [6.45, 7) is 2.58. The Bertz CT molecular complexity index is 181. The molecule has 0 aliphatic rings. The molecule has 14 heavy (non-hydrogen) atoms. The van der Waals surface area contributed by atoms with Gasteiger partial charge in [0.15, 0.2) is 5.78 Å². The second-order valence-corrected chi connectivity index (χ2v) is 3.18. The van der Waals surface area contributed by atoms with Crippen molar-refractivity contribution >= 4 is 5.78 Å². The van der Waals surface area contributed by atoms with E-state index in [1.54, 1.807) is 6.08 Å². The molecule has 0 rings (SSSR count). The summed E-state index contributed by atoms with van der Waals surface area (Å²) in [7, 11) is 0. The largest absolute Gasteiger partial charge is 0.330 e. The Morgan fingerprint density at radius 1 is 1.57 bits per heavy atom. The van der Waals surface area contributed by atoms with Crippen molar-refractivity contribution in [3.8, 4) is 0 Å². The van der Waals surface area contributed by atoms with Crippen molar-refractivity contribution in [2.75, 3.05) is 6.54 Å². The van der Waals surface area contributed by atoms with Gasteiger partial charge < -0.3 is 10.9 Å². The summed E-state index contributed by atoms with van der Waals surface area (Å²) in [4.78, 5) is 11.4. The van der Waals surface area contributed by atoms with Crippen LogP contribution in [0.25, 0.3) is 0 Å². The molecule has 0 aromatic rings. The smallest absolute Gasteiger partial charge is 0.174 e. The van der Waals surface area contributed by atoms with Gasteiger partial charge in [-0.3, -0.25) is 4.79 Å². The van der Waals surface area contributed by atoms with Gasteiger partial charge in [0.05, 0.1) is 6.04 Å². The summed E-state index contributed by atoms with van der Waals surface area (Å²) >= 11 is 0. The molecular weight excluding hydrogens is 180 g/mol. The van der Waals surface area contributed by atoms with Crippen molar-refractivity contribution in [3.05, 3.63) is 12.2 Å². The minimum atomic E-state index is -0.482. The minimum Gasteiger partial charge on any atom is -0.330 e. The molecular formula is C10H20N2O2. The molecule has 0 aliphatic carbocycles. The molecule has 0 aromatic carbocycles. The second kappa shape index (κ2) is 8.87. The first-order valence-electron chi connectivity index (χ1n) is 5.06. The first-order valence-corrected chi connectivity index (χ1v) is 5.06. The Morgan fingerprint density at radius 3 is 2.79 bits per heavy atom. The van der Waals surface area contributed by atoms with Crippen LogP contribution in [0.2, 0.25) is 0 Å². The van der Waals surface area contributed by atoms with E-state index in [0.29, 0.717) is 13.0 Å². The monoisotopic (exact) mass is 200 g/mol. The van der Waals surface area contributed by atoms with Crippen molar-refractivity contribution in [3.63, 3.8) is 0 Å². The van der Waals surface area contributed by atoms with Crippen LogP contribution in [0.1, 0.15) is 32.6 Å². The molecule has 1 atom stereocenters. The molecule has 0 saturated carbocycles. The van der Waals surface area contributed by atoms with Crippen molar-refractivity contribution in [1.82, 2.24) is 5.48 Å². The van der Waals surface area contributed by atoms with Gasteiger partial charge >= 0.3 is 0 Å². The van der Waals surface area contributed by atoms with Gasteiger partial charge in [-0.15, -0.1) is 0 Å². The number of carbonyl (C=O) groups is 1. The lowest BCUT2D eigenvalue weighted by Crippen LogP contribution is -2.33. The summed E-state index contributed by atoms with van der Waals surface area (Å²) in [5.41, 5.74) is 7.36. The first-order chi connectivity index (χ1) is 6.76. The highest BCUT2D eigenvalue weighted by atomic mass is 16.5. The molecule has 82 valence electrons. The van der Waals surface area contributed by atoms with Crippen molar-refractivity contribution < 1.29 is 10.0 Å². The van der Waals surface area contributed by atoms with Gasteiger partial charge in [-0.25, -0.2) is 0 Å². The molecule has 0 unspecified atom stereocenters. The number of hydrogen-bond donors (Lipinski definition) is 3. The van der Waals surface area contributed by atoms with E-state index in [4.69, 9.17) is 10.9 Å². The number of hydroxylamine groups is 1. The zero-order valence-electron chi connectivity index (χ0n) is 8.70. The highest BCUT2D eigenvalue weighted by molar-refractivity contribution is 5.94. The molecule has 0 bridgehead atoms. The summed E-state index contributed by atoms with van der Waals surface area (Å²) in [6.07, 6.45) is 6.47. The fourth-order valence-electron chi connectivity index (χ4n) is 1.11. The molecule has 0 fully saturated rings. The number of hydrogen-bond acceptors (Lipinski definition) is 4. The molecule has 4 N–H and O–H groups in total. The Morgan fingerprint density at radius 2 is 2.29 bits per heavy atom. The van der Waals surface area contributed by atoms with Crippen molar-refractivity contribution in [2.45, 2.75) is 38.6 Å². The van der Waals surface area contributed by atoms with Crippen molar-refractivity contribution in [1.29, 1.82) is 0 Å². The van der Waals surface area contributed by atoms with Gasteiger partial charge in [-0.1, -0.05) is 19.4 Å². The lowest BCUT2D eigenvalue weighted by atomic mass is 10.1. The molecule has 0 aromatic heterocycles. The van der Waals surface area contributed by atoms with Crippen LogP contribution >= 0.6 is 0 Å². The minimum absolute atomic E-state index is 0.0774. The standard InChI is InChI=1S/C10H20N2O2/c1-2-3-7-10(13)9(12-14)6-4-5-8-11/h3,7,9,12,14H,2,4-6,8,11H2,1H3/b7-3+/t9-/m0/s1. The van der Waals surface area contributed by atoms with Gasteiger partial charge in [-0.05, 0) is 31.9 Å². The van der Waals surface area contributed by atoms with E-state index in [2.05, 4.69) is 0 Å². The third-order valence-electron chi connectivity index (χ3n) is 1.96. The van der Waals surface area contributed by atoms with Gasteiger partial charge in [-0.2, -0.15) is 5.48 Å². The van der Waals surface area contributed by atoms with Crippen LogP contribution in [0.3, 0.4) is 0 Å². The fourth-order valence-corrected chi connectivity index (χ4v) is 1.11. The highest BCUT2D eigenvalue weighted by Crippen LogP contribution is 2.02. The lowest BCUT2D eigenvalue weighted by Gasteiger charge is -2.10. The van der Waals surface area contributed by atoms with Crippen LogP contribution < -0.4 is 11.2 Å². The third-order valence-corrected chi connectivity index (χ3v) is 1.96. The number of allylic oxidation sites excluding steroid dienone is 1. The Hall–Kier alpha value is -0.710. The van der Waals surface area contributed by atoms with E-state index < -0.39 is 6.04 Å². The third kappa shape index (κ3) is 5.85. The quantitative estimate of drug-likeness (QED) is 0.310. The molecule has 0 aliphatic heterocycles. The van der Waals surface area contributed by atoms with Crippen LogP contribution in [0, 0.1) is 0 Å². The number of nitrogens with one attached hydrogen (secondary N) is 1. The zero-order chi connectivity index (χ0) is 10.8. The van der Waals surface area contributed by atoms with Crippen molar-refractivity contribution in [2.24, 2.45) is 5.73 Å². The Kier molecular flexibility index (Phi) is 8.42. The maximum absolute atomic E-state index is 11.4. The Balaban J connectivity index is 3.86. The molecule has 0 radical (unpaired) electrons. The van der Waals surface area contributed by atoms with Crippen LogP contribution in [-0.2, 0) is 4.79 Å². The highest BCUT2D eigenvalue weighted by Gasteiger charge is 2.13. The van der Waals surface area contributed by atoms with E-state index in [1.807, 2.05) is 12.4 Å². The summed E-state index contributed by atoms with van der Waals surface area (Å²) < 4.78 is 0. The maximum atomic E-state index is 11.4. The van der Waals surface area contributed by atoms with E-state index in [1.165, 1.54) is 6.08 Å². The zero-order valence-corrected chi connectivity index (χ0v) is 8.70. The predicted molar refractivity (Wildman–Crippen MR) is 56.1 cm³/mol. The van der Waals surface area contributed by atoms with Crippen LogP contribution in [-0.4, -0.2) is 23.6 Å². The fraction of sp³-hybridized carbons (Fsp3) is 0.700. The second-order valence-electron chi connectivity index (χ2n) is 3.18. The maximum Gasteiger partial charge on any atom is 0.174 e. The van der Waals surface area contributed by atoms with E-state index in [0.717, 1.165) is 19.3 Å². The van der Waals surface area contributed by atoms with E-state index in [9.17, 15) is 4.79 Å². The number of rotatable bonds is 8. The van der Waals surface area contributed by atoms with Gasteiger partial charge in [0.1, 0.15) is 0 Å². The molecule has 4 heteroatoms. The molecule has 0 spiro atoms. The average molecular weight is 200 g/mol.